The van der Waals surface area contributed by atoms with Crippen molar-refractivity contribution in [3.63, 3.8) is 0 Å². The minimum Gasteiger partial charge on any atom is -0.330 e. The van der Waals surface area contributed by atoms with E-state index in [9.17, 15) is 0 Å². The van der Waals surface area contributed by atoms with Crippen LogP contribution in [0.5, 0.6) is 0 Å². The summed E-state index contributed by atoms with van der Waals surface area (Å²) in [5.41, 5.74) is 8.46. The van der Waals surface area contributed by atoms with Crippen LogP contribution in [0.25, 0.3) is 11.3 Å². The maximum Gasteiger partial charge on any atom is 0.152 e. The number of benzene rings is 1. The average molecular weight is 214 g/mol. The van der Waals surface area contributed by atoms with Crippen LogP contribution in [0.2, 0.25) is 0 Å². The zero-order chi connectivity index (χ0) is 11.4. The first-order valence-electron chi connectivity index (χ1n) is 5.25. The van der Waals surface area contributed by atoms with E-state index in [1.807, 2.05) is 25.1 Å². The minimum atomic E-state index is 0.547. The van der Waals surface area contributed by atoms with Crippen molar-refractivity contribution in [3.8, 4) is 11.3 Å². The molecule has 0 aliphatic rings. The van der Waals surface area contributed by atoms with Crippen molar-refractivity contribution in [2.24, 2.45) is 5.73 Å². The van der Waals surface area contributed by atoms with Gasteiger partial charge in [0.1, 0.15) is 5.69 Å². The molecular weight excluding hydrogens is 200 g/mol. The van der Waals surface area contributed by atoms with E-state index >= 15 is 0 Å². The van der Waals surface area contributed by atoms with Crippen LogP contribution in [-0.2, 0) is 6.42 Å². The van der Waals surface area contributed by atoms with E-state index < -0.39 is 0 Å². The molecule has 0 amide bonds. The van der Waals surface area contributed by atoms with E-state index in [2.05, 4.69) is 21.2 Å². The third-order valence-corrected chi connectivity index (χ3v) is 2.29. The van der Waals surface area contributed by atoms with Gasteiger partial charge in [-0.25, -0.2) is 4.98 Å². The molecule has 2 N–H and O–H groups in total. The first-order chi connectivity index (χ1) is 7.79. The van der Waals surface area contributed by atoms with Gasteiger partial charge in [0.2, 0.25) is 0 Å². The predicted octanol–water partition coefficient (Wildman–Crippen LogP) is 1.35. The Labute approximate surface area is 94.6 Å². The lowest BCUT2D eigenvalue weighted by molar-refractivity contribution is 0.813. The maximum atomic E-state index is 5.42. The molecule has 0 saturated heterocycles. The molecule has 0 fully saturated rings. The average Bonchev–Trinajstić information content (AvgIpc) is 2.30. The second kappa shape index (κ2) is 4.81. The van der Waals surface area contributed by atoms with Crippen LogP contribution in [0.15, 0.2) is 30.5 Å². The Morgan fingerprint density at radius 2 is 2.12 bits per heavy atom. The molecule has 2 aromatic rings. The number of nitrogens with zero attached hydrogens (tertiary/aromatic N) is 3. The highest BCUT2D eigenvalue weighted by Gasteiger charge is 2.01. The van der Waals surface area contributed by atoms with Crippen molar-refractivity contribution in [1.29, 1.82) is 0 Å². The quantitative estimate of drug-likeness (QED) is 0.837. The van der Waals surface area contributed by atoms with Gasteiger partial charge in [0.05, 0.1) is 6.20 Å². The Morgan fingerprint density at radius 1 is 1.25 bits per heavy atom. The van der Waals surface area contributed by atoms with Crippen molar-refractivity contribution in [3.05, 3.63) is 41.9 Å². The summed E-state index contributed by atoms with van der Waals surface area (Å²) in [6.45, 7) is 2.60. The zero-order valence-electron chi connectivity index (χ0n) is 9.22. The standard InChI is InChI=1S/C12H14N4/c1-9-3-2-4-10(7-9)11-8-14-12(5-6-13)16-15-11/h2-4,7-8H,5-6,13H2,1H3. The normalized spacial score (nSPS) is 10.4. The van der Waals surface area contributed by atoms with Gasteiger partial charge in [-0.2, -0.15) is 0 Å². The molecule has 82 valence electrons. The van der Waals surface area contributed by atoms with Crippen LogP contribution in [0.1, 0.15) is 11.4 Å². The van der Waals surface area contributed by atoms with Gasteiger partial charge in [0.15, 0.2) is 5.82 Å². The molecule has 0 bridgehead atoms. The third-order valence-electron chi connectivity index (χ3n) is 2.29. The second-order valence-corrected chi connectivity index (χ2v) is 3.67. The second-order valence-electron chi connectivity index (χ2n) is 3.67. The monoisotopic (exact) mass is 214 g/mol. The smallest absolute Gasteiger partial charge is 0.152 e. The minimum absolute atomic E-state index is 0.547. The van der Waals surface area contributed by atoms with Crippen molar-refractivity contribution in [1.82, 2.24) is 15.2 Å². The Bertz CT molecular complexity index is 465. The van der Waals surface area contributed by atoms with E-state index in [0.717, 1.165) is 11.3 Å². The molecule has 4 heteroatoms. The molecule has 1 aromatic carbocycles. The van der Waals surface area contributed by atoms with Gasteiger partial charge in [-0.1, -0.05) is 23.8 Å². The highest BCUT2D eigenvalue weighted by Crippen LogP contribution is 2.16. The van der Waals surface area contributed by atoms with Crippen LogP contribution in [-0.4, -0.2) is 21.7 Å². The lowest BCUT2D eigenvalue weighted by Gasteiger charge is -2.01. The number of nitrogens with two attached hydrogens (primary N) is 1. The van der Waals surface area contributed by atoms with Crippen molar-refractivity contribution in [2.75, 3.05) is 6.54 Å². The van der Waals surface area contributed by atoms with Gasteiger partial charge in [-0.05, 0) is 19.5 Å². The lowest BCUT2D eigenvalue weighted by Crippen LogP contribution is -2.07. The predicted molar refractivity (Wildman–Crippen MR) is 62.8 cm³/mol. The number of aromatic nitrogens is 3. The highest BCUT2D eigenvalue weighted by atomic mass is 15.2. The molecule has 0 aliphatic carbocycles. The number of hydrogen-bond acceptors (Lipinski definition) is 4. The fraction of sp³-hybridized carbons (Fsp3) is 0.250. The highest BCUT2D eigenvalue weighted by molar-refractivity contribution is 5.58. The maximum absolute atomic E-state index is 5.42. The Balaban J connectivity index is 2.27. The molecule has 1 aromatic heterocycles. The molecule has 0 unspecified atom stereocenters. The molecule has 4 nitrogen and oxygen atoms in total. The summed E-state index contributed by atoms with van der Waals surface area (Å²) < 4.78 is 0. The fourth-order valence-corrected chi connectivity index (χ4v) is 1.48. The Hall–Kier alpha value is -1.81. The van der Waals surface area contributed by atoms with Crippen molar-refractivity contribution < 1.29 is 0 Å². The molecule has 0 aliphatic heterocycles. The number of rotatable bonds is 3. The van der Waals surface area contributed by atoms with E-state index in [4.69, 9.17) is 5.73 Å². The largest absolute Gasteiger partial charge is 0.330 e. The van der Waals surface area contributed by atoms with E-state index in [1.54, 1.807) is 6.20 Å². The van der Waals surface area contributed by atoms with Crippen LogP contribution in [0, 0.1) is 6.92 Å². The van der Waals surface area contributed by atoms with Gasteiger partial charge in [0, 0.05) is 12.0 Å². The lowest BCUT2D eigenvalue weighted by atomic mass is 10.1. The van der Waals surface area contributed by atoms with Gasteiger partial charge < -0.3 is 5.73 Å². The summed E-state index contributed by atoms with van der Waals surface area (Å²) in [7, 11) is 0. The Morgan fingerprint density at radius 3 is 2.75 bits per heavy atom. The van der Waals surface area contributed by atoms with Crippen LogP contribution in [0.4, 0.5) is 0 Å². The summed E-state index contributed by atoms with van der Waals surface area (Å²) in [6.07, 6.45) is 2.41. The summed E-state index contributed by atoms with van der Waals surface area (Å²) in [5, 5.41) is 8.17. The van der Waals surface area contributed by atoms with E-state index in [-0.39, 0.29) is 0 Å². The summed E-state index contributed by atoms with van der Waals surface area (Å²) >= 11 is 0. The van der Waals surface area contributed by atoms with Gasteiger partial charge >= 0.3 is 0 Å². The first-order valence-corrected chi connectivity index (χ1v) is 5.25. The van der Waals surface area contributed by atoms with Crippen molar-refractivity contribution >= 4 is 0 Å². The zero-order valence-corrected chi connectivity index (χ0v) is 9.22. The van der Waals surface area contributed by atoms with E-state index in [0.29, 0.717) is 18.8 Å². The number of aryl methyl sites for hydroxylation is 1. The molecule has 0 spiro atoms. The fourth-order valence-electron chi connectivity index (χ4n) is 1.48. The molecular formula is C12H14N4. The van der Waals surface area contributed by atoms with Crippen LogP contribution < -0.4 is 5.73 Å². The van der Waals surface area contributed by atoms with Gasteiger partial charge in [-0.15, -0.1) is 10.2 Å². The van der Waals surface area contributed by atoms with Crippen molar-refractivity contribution in [2.45, 2.75) is 13.3 Å². The van der Waals surface area contributed by atoms with Gasteiger partial charge in [0.25, 0.3) is 0 Å². The topological polar surface area (TPSA) is 64.7 Å². The third kappa shape index (κ3) is 2.41. The SMILES string of the molecule is Cc1cccc(-c2cnc(CCN)nn2)c1. The first kappa shape index (κ1) is 10.7. The molecule has 0 atom stereocenters. The molecule has 16 heavy (non-hydrogen) atoms. The van der Waals surface area contributed by atoms with Gasteiger partial charge in [-0.3, -0.25) is 0 Å². The van der Waals surface area contributed by atoms with E-state index in [1.165, 1.54) is 5.56 Å². The summed E-state index contributed by atoms with van der Waals surface area (Å²) in [6, 6.07) is 8.11. The number of hydrogen-bond donors (Lipinski definition) is 1. The molecule has 1 heterocycles. The summed E-state index contributed by atoms with van der Waals surface area (Å²) in [5.74, 6) is 0.693. The molecule has 2 rings (SSSR count). The summed E-state index contributed by atoms with van der Waals surface area (Å²) in [4.78, 5) is 4.22. The van der Waals surface area contributed by atoms with Crippen LogP contribution >= 0.6 is 0 Å². The van der Waals surface area contributed by atoms with Crippen LogP contribution in [0.3, 0.4) is 0 Å². The molecule has 0 radical (unpaired) electrons. The molecule has 0 saturated carbocycles. The Kier molecular flexibility index (Phi) is 3.22.